The highest BCUT2D eigenvalue weighted by Gasteiger charge is 2.11. The van der Waals surface area contributed by atoms with Crippen LogP contribution >= 0.6 is 0 Å². The molecule has 0 aliphatic rings. The van der Waals surface area contributed by atoms with Gasteiger partial charge in [0.15, 0.2) is 0 Å². The first kappa shape index (κ1) is 16.7. The van der Waals surface area contributed by atoms with Crippen LogP contribution in [0.1, 0.15) is 39.0 Å². The van der Waals surface area contributed by atoms with E-state index in [0.29, 0.717) is 12.0 Å². The third kappa shape index (κ3) is 5.33. The van der Waals surface area contributed by atoms with Crippen molar-refractivity contribution in [3.63, 3.8) is 0 Å². The zero-order valence-corrected chi connectivity index (χ0v) is 13.6. The molecular weight excluding hydrogens is 246 g/mol. The summed E-state index contributed by atoms with van der Waals surface area (Å²) in [6, 6.07) is 4.76. The van der Waals surface area contributed by atoms with E-state index in [1.165, 1.54) is 5.56 Å². The van der Waals surface area contributed by atoms with Crippen molar-refractivity contribution in [3.8, 4) is 0 Å². The molecule has 1 heterocycles. The molecule has 0 spiro atoms. The molecule has 0 saturated carbocycles. The summed E-state index contributed by atoms with van der Waals surface area (Å²) in [5.41, 5.74) is 2.36. The van der Waals surface area contributed by atoms with Gasteiger partial charge in [0.1, 0.15) is 5.82 Å². The molecule has 1 rings (SSSR count). The Bertz CT molecular complexity index is 424. The molecule has 0 bridgehead atoms. The van der Waals surface area contributed by atoms with E-state index in [9.17, 15) is 0 Å². The Morgan fingerprint density at radius 2 is 2.00 bits per heavy atom. The highest BCUT2D eigenvalue weighted by atomic mass is 15.2. The second-order valence-corrected chi connectivity index (χ2v) is 6.03. The maximum absolute atomic E-state index is 4.67. The predicted octanol–water partition coefficient (Wildman–Crippen LogP) is 3.54. The normalized spacial score (nSPS) is 11.2. The molecule has 1 N–H and O–H groups in total. The standard InChI is InChI=1S/C17H29N3/c1-7-8-20(14(4)5)17-10-16(9-15(6)19-17)12-18-11-13(2)3/h7,9-10,13-14,18H,1,8,11-12H2,2-6H3. The predicted molar refractivity (Wildman–Crippen MR) is 88.2 cm³/mol. The van der Waals surface area contributed by atoms with Crippen molar-refractivity contribution in [1.82, 2.24) is 10.3 Å². The Morgan fingerprint density at radius 1 is 1.30 bits per heavy atom. The van der Waals surface area contributed by atoms with Crippen LogP contribution in [0, 0.1) is 12.8 Å². The Hall–Kier alpha value is -1.35. The van der Waals surface area contributed by atoms with E-state index in [1.807, 2.05) is 6.08 Å². The van der Waals surface area contributed by atoms with Crippen molar-refractivity contribution >= 4 is 5.82 Å². The third-order valence-corrected chi connectivity index (χ3v) is 3.12. The maximum Gasteiger partial charge on any atom is 0.129 e. The average molecular weight is 275 g/mol. The van der Waals surface area contributed by atoms with Crippen LogP contribution in [0.5, 0.6) is 0 Å². The van der Waals surface area contributed by atoms with Crippen LogP contribution in [-0.4, -0.2) is 24.1 Å². The minimum absolute atomic E-state index is 0.416. The van der Waals surface area contributed by atoms with Gasteiger partial charge in [-0.15, -0.1) is 6.58 Å². The first-order valence-electron chi connectivity index (χ1n) is 7.49. The van der Waals surface area contributed by atoms with Crippen LogP contribution in [0.15, 0.2) is 24.8 Å². The van der Waals surface area contributed by atoms with Crippen LogP contribution in [0.3, 0.4) is 0 Å². The van der Waals surface area contributed by atoms with E-state index in [4.69, 9.17) is 0 Å². The molecule has 0 aliphatic carbocycles. The fourth-order valence-corrected chi connectivity index (χ4v) is 2.18. The second kappa shape index (κ2) is 8.05. The topological polar surface area (TPSA) is 28.2 Å². The quantitative estimate of drug-likeness (QED) is 0.736. The summed E-state index contributed by atoms with van der Waals surface area (Å²) < 4.78 is 0. The first-order chi connectivity index (χ1) is 9.43. The lowest BCUT2D eigenvalue weighted by Crippen LogP contribution is -2.32. The van der Waals surface area contributed by atoms with Crippen molar-refractivity contribution in [1.29, 1.82) is 0 Å². The molecule has 0 amide bonds. The number of pyridine rings is 1. The molecule has 1 aromatic rings. The average Bonchev–Trinajstić information content (AvgIpc) is 2.34. The molecule has 0 aliphatic heterocycles. The summed E-state index contributed by atoms with van der Waals surface area (Å²) in [7, 11) is 0. The lowest BCUT2D eigenvalue weighted by molar-refractivity contribution is 0.552. The molecule has 1 aromatic heterocycles. The van der Waals surface area contributed by atoms with Gasteiger partial charge in [0.2, 0.25) is 0 Å². The summed E-state index contributed by atoms with van der Waals surface area (Å²) in [5, 5.41) is 3.49. The summed E-state index contributed by atoms with van der Waals surface area (Å²) in [6.07, 6.45) is 1.93. The highest BCUT2D eigenvalue weighted by Crippen LogP contribution is 2.17. The highest BCUT2D eigenvalue weighted by molar-refractivity contribution is 5.44. The Morgan fingerprint density at radius 3 is 2.55 bits per heavy atom. The van der Waals surface area contributed by atoms with Crippen molar-refractivity contribution in [2.45, 2.75) is 47.2 Å². The number of aromatic nitrogens is 1. The van der Waals surface area contributed by atoms with Gasteiger partial charge >= 0.3 is 0 Å². The molecule has 0 radical (unpaired) electrons. The zero-order valence-electron chi connectivity index (χ0n) is 13.6. The van der Waals surface area contributed by atoms with Gasteiger partial charge in [-0.2, -0.15) is 0 Å². The summed E-state index contributed by atoms with van der Waals surface area (Å²) in [5.74, 6) is 1.71. The van der Waals surface area contributed by atoms with Crippen molar-refractivity contribution in [3.05, 3.63) is 36.0 Å². The first-order valence-corrected chi connectivity index (χ1v) is 7.49. The van der Waals surface area contributed by atoms with Gasteiger partial charge < -0.3 is 10.2 Å². The van der Waals surface area contributed by atoms with Crippen LogP contribution < -0.4 is 10.2 Å². The van der Waals surface area contributed by atoms with E-state index in [0.717, 1.165) is 31.1 Å². The fourth-order valence-electron chi connectivity index (χ4n) is 2.18. The van der Waals surface area contributed by atoms with Gasteiger partial charge in [-0.25, -0.2) is 4.98 Å². The summed E-state index contributed by atoms with van der Waals surface area (Å²) in [4.78, 5) is 6.94. The molecule has 0 saturated heterocycles. The van der Waals surface area contributed by atoms with Crippen molar-refractivity contribution in [2.24, 2.45) is 5.92 Å². The minimum Gasteiger partial charge on any atom is -0.350 e. The lowest BCUT2D eigenvalue weighted by Gasteiger charge is -2.27. The smallest absolute Gasteiger partial charge is 0.129 e. The monoisotopic (exact) mass is 275 g/mol. The molecule has 20 heavy (non-hydrogen) atoms. The second-order valence-electron chi connectivity index (χ2n) is 6.03. The molecule has 0 fully saturated rings. The molecule has 3 nitrogen and oxygen atoms in total. The largest absolute Gasteiger partial charge is 0.350 e. The van der Waals surface area contributed by atoms with Crippen LogP contribution in [0.2, 0.25) is 0 Å². The van der Waals surface area contributed by atoms with Crippen LogP contribution in [-0.2, 0) is 6.54 Å². The Kier molecular flexibility index (Phi) is 6.73. The zero-order chi connectivity index (χ0) is 15.1. The molecule has 0 atom stereocenters. The van der Waals surface area contributed by atoms with Gasteiger partial charge in [0, 0.05) is 24.8 Å². The summed E-state index contributed by atoms with van der Waals surface area (Å²) >= 11 is 0. The van der Waals surface area contributed by atoms with E-state index in [1.54, 1.807) is 0 Å². The van der Waals surface area contributed by atoms with Gasteiger partial charge in [-0.1, -0.05) is 19.9 Å². The molecule has 0 unspecified atom stereocenters. The van der Waals surface area contributed by atoms with E-state index >= 15 is 0 Å². The van der Waals surface area contributed by atoms with E-state index in [-0.39, 0.29) is 0 Å². The number of aryl methyl sites for hydroxylation is 1. The maximum atomic E-state index is 4.67. The van der Waals surface area contributed by atoms with Crippen LogP contribution in [0.25, 0.3) is 0 Å². The number of nitrogens with zero attached hydrogens (tertiary/aromatic N) is 2. The van der Waals surface area contributed by atoms with Crippen LogP contribution in [0.4, 0.5) is 5.82 Å². The number of nitrogens with one attached hydrogen (secondary N) is 1. The van der Waals surface area contributed by atoms with Gasteiger partial charge in [-0.3, -0.25) is 0 Å². The fraction of sp³-hybridized carbons (Fsp3) is 0.588. The minimum atomic E-state index is 0.416. The van der Waals surface area contributed by atoms with Gasteiger partial charge in [-0.05, 0) is 50.9 Å². The molecule has 3 heteroatoms. The van der Waals surface area contributed by atoms with E-state index < -0.39 is 0 Å². The number of hydrogen-bond donors (Lipinski definition) is 1. The van der Waals surface area contributed by atoms with Gasteiger partial charge in [0.25, 0.3) is 0 Å². The number of rotatable bonds is 8. The Labute approximate surface area is 124 Å². The molecular formula is C17H29N3. The van der Waals surface area contributed by atoms with Crippen molar-refractivity contribution in [2.75, 3.05) is 18.0 Å². The summed E-state index contributed by atoms with van der Waals surface area (Å²) in [6.45, 7) is 17.5. The third-order valence-electron chi connectivity index (χ3n) is 3.12. The Balaban J connectivity index is 2.86. The lowest BCUT2D eigenvalue weighted by atomic mass is 10.2. The SMILES string of the molecule is C=CCN(c1cc(CNCC(C)C)cc(C)n1)C(C)C. The molecule has 112 valence electrons. The van der Waals surface area contributed by atoms with Gasteiger partial charge in [0.05, 0.1) is 0 Å². The number of anilines is 1. The molecule has 0 aromatic carbocycles. The van der Waals surface area contributed by atoms with E-state index in [2.05, 4.69) is 68.5 Å². The van der Waals surface area contributed by atoms with Crippen molar-refractivity contribution < 1.29 is 0 Å². The number of hydrogen-bond acceptors (Lipinski definition) is 3.